The Morgan fingerprint density at radius 3 is 2.79 bits per heavy atom. The second kappa shape index (κ2) is 6.75. The van der Waals surface area contributed by atoms with Crippen molar-refractivity contribution in [1.82, 2.24) is 0 Å². The number of carbonyl (C=O) groups is 1. The van der Waals surface area contributed by atoms with E-state index < -0.39 is 5.92 Å². The minimum atomic E-state index is -2.51. The van der Waals surface area contributed by atoms with E-state index in [1.807, 2.05) is 24.3 Å². The number of hydrogen-bond acceptors (Lipinski definition) is 2. The molecule has 1 aliphatic carbocycles. The van der Waals surface area contributed by atoms with Gasteiger partial charge in [-0.2, -0.15) is 0 Å². The smallest absolute Gasteiger partial charge is 0.248 e. The van der Waals surface area contributed by atoms with Gasteiger partial charge in [0, 0.05) is 36.1 Å². The van der Waals surface area contributed by atoms with Gasteiger partial charge in [-0.3, -0.25) is 4.79 Å². The van der Waals surface area contributed by atoms with Crippen LogP contribution >= 0.6 is 0 Å². The topological polar surface area (TPSA) is 38.3 Å². The van der Waals surface area contributed by atoms with Gasteiger partial charge in [-0.1, -0.05) is 18.7 Å². The number of ether oxygens (including phenoxy) is 1. The molecule has 1 fully saturated rings. The van der Waals surface area contributed by atoms with Crippen LogP contribution in [0.15, 0.2) is 30.9 Å². The van der Waals surface area contributed by atoms with Gasteiger partial charge >= 0.3 is 0 Å². The average Bonchev–Trinajstić information content (AvgIpc) is 3.02. The fourth-order valence-electron chi connectivity index (χ4n) is 3.22. The van der Waals surface area contributed by atoms with Crippen LogP contribution in [-0.4, -0.2) is 18.4 Å². The Morgan fingerprint density at radius 2 is 2.08 bits per heavy atom. The summed E-state index contributed by atoms with van der Waals surface area (Å²) in [6.07, 6.45) is 6.84. The fourth-order valence-corrected chi connectivity index (χ4v) is 3.22. The molecule has 1 saturated carbocycles. The molecule has 0 aromatic heterocycles. The predicted octanol–water partition coefficient (Wildman–Crippen LogP) is 4.58. The average molecular weight is 333 g/mol. The number of hydrogen-bond donors (Lipinski definition) is 1. The second-order valence-corrected chi connectivity index (χ2v) is 6.40. The molecule has 0 bridgehead atoms. The van der Waals surface area contributed by atoms with Crippen molar-refractivity contribution in [2.24, 2.45) is 5.92 Å². The van der Waals surface area contributed by atoms with Crippen molar-refractivity contribution in [2.45, 2.75) is 38.0 Å². The van der Waals surface area contributed by atoms with Crippen LogP contribution in [0.2, 0.25) is 0 Å². The highest BCUT2D eigenvalue weighted by Gasteiger charge is 2.34. The van der Waals surface area contributed by atoms with Crippen molar-refractivity contribution in [3.8, 4) is 5.75 Å². The zero-order valence-electron chi connectivity index (χ0n) is 13.5. The normalized spacial score (nSPS) is 19.8. The van der Waals surface area contributed by atoms with Crippen molar-refractivity contribution in [1.29, 1.82) is 0 Å². The second-order valence-electron chi connectivity index (χ2n) is 6.40. The SMILES string of the molecule is C=CC(=O)Nc1cc(C=CC2CCC(F)(F)CC2)c2c(c1)CCO2. The summed E-state index contributed by atoms with van der Waals surface area (Å²) in [4.78, 5) is 11.5. The van der Waals surface area contributed by atoms with Crippen molar-refractivity contribution in [3.05, 3.63) is 42.0 Å². The fraction of sp³-hybridized carbons (Fsp3) is 0.421. The van der Waals surface area contributed by atoms with Crippen LogP contribution in [0.5, 0.6) is 5.75 Å². The Balaban J connectivity index is 1.78. The van der Waals surface area contributed by atoms with Crippen LogP contribution < -0.4 is 10.1 Å². The molecule has 0 atom stereocenters. The number of amides is 1. The maximum Gasteiger partial charge on any atom is 0.248 e. The summed E-state index contributed by atoms with van der Waals surface area (Å²) >= 11 is 0. The Morgan fingerprint density at radius 1 is 1.33 bits per heavy atom. The van der Waals surface area contributed by atoms with Gasteiger partial charge in [0.05, 0.1) is 6.61 Å². The molecule has 5 heteroatoms. The van der Waals surface area contributed by atoms with Gasteiger partial charge in [-0.15, -0.1) is 0 Å². The van der Waals surface area contributed by atoms with E-state index in [0.717, 1.165) is 23.3 Å². The lowest BCUT2D eigenvalue weighted by Gasteiger charge is -2.26. The standard InChI is InChI=1S/C19H21F2NO2/c1-2-17(23)22-16-11-14(18-15(12-16)7-10-24-18)4-3-13-5-8-19(20,21)9-6-13/h2-4,11-13H,1,5-10H2,(H,22,23). The first kappa shape index (κ1) is 16.7. The van der Waals surface area contributed by atoms with E-state index in [2.05, 4.69) is 11.9 Å². The van der Waals surface area contributed by atoms with E-state index in [0.29, 0.717) is 25.1 Å². The van der Waals surface area contributed by atoms with Crippen molar-refractivity contribution < 1.29 is 18.3 Å². The molecule has 1 N–H and O–H groups in total. The van der Waals surface area contributed by atoms with Gasteiger partial charge in [-0.25, -0.2) is 8.78 Å². The van der Waals surface area contributed by atoms with Crippen LogP contribution in [0.4, 0.5) is 14.5 Å². The number of allylic oxidation sites excluding steroid dienone is 1. The Bertz CT molecular complexity index is 672. The van der Waals surface area contributed by atoms with Crippen molar-refractivity contribution in [2.75, 3.05) is 11.9 Å². The highest BCUT2D eigenvalue weighted by atomic mass is 19.3. The number of halogens is 2. The number of nitrogens with one attached hydrogen (secondary N) is 1. The van der Waals surface area contributed by atoms with E-state index in [-0.39, 0.29) is 24.7 Å². The monoisotopic (exact) mass is 333 g/mol. The third-order valence-corrected chi connectivity index (χ3v) is 4.58. The Hall–Kier alpha value is -2.17. The molecule has 24 heavy (non-hydrogen) atoms. The minimum Gasteiger partial charge on any atom is -0.492 e. The number of carbonyl (C=O) groups excluding carboxylic acids is 1. The highest BCUT2D eigenvalue weighted by Crippen LogP contribution is 2.38. The zero-order chi connectivity index (χ0) is 17.2. The van der Waals surface area contributed by atoms with Crippen LogP contribution in [0.25, 0.3) is 6.08 Å². The predicted molar refractivity (Wildman–Crippen MR) is 90.4 cm³/mol. The molecule has 1 amide bonds. The summed E-state index contributed by atoms with van der Waals surface area (Å²) in [5, 5.41) is 2.76. The summed E-state index contributed by atoms with van der Waals surface area (Å²) in [6.45, 7) is 4.06. The molecule has 0 saturated heterocycles. The minimum absolute atomic E-state index is 0.0496. The van der Waals surface area contributed by atoms with Crippen LogP contribution in [0.3, 0.4) is 0 Å². The first-order chi connectivity index (χ1) is 11.5. The molecule has 1 aromatic carbocycles. The molecule has 1 heterocycles. The van der Waals surface area contributed by atoms with E-state index in [1.54, 1.807) is 0 Å². The number of fused-ring (bicyclic) bond motifs is 1. The third-order valence-electron chi connectivity index (χ3n) is 4.58. The van der Waals surface area contributed by atoms with Gasteiger partial charge in [0.1, 0.15) is 5.75 Å². The summed E-state index contributed by atoms with van der Waals surface area (Å²) in [5.41, 5.74) is 2.62. The van der Waals surface area contributed by atoms with Crippen LogP contribution in [0, 0.1) is 5.92 Å². The molecule has 3 rings (SSSR count). The number of rotatable bonds is 4. The number of benzene rings is 1. The lowest BCUT2D eigenvalue weighted by atomic mass is 9.86. The summed E-state index contributed by atoms with van der Waals surface area (Å²) in [7, 11) is 0. The molecule has 0 unspecified atom stereocenters. The van der Waals surface area contributed by atoms with Gasteiger partial charge in [0.2, 0.25) is 11.8 Å². The summed E-state index contributed by atoms with van der Waals surface area (Å²) < 4.78 is 32.2. The maximum atomic E-state index is 13.2. The molecule has 0 radical (unpaired) electrons. The van der Waals surface area contributed by atoms with Gasteiger partial charge in [0.25, 0.3) is 0 Å². The first-order valence-electron chi connectivity index (χ1n) is 8.26. The zero-order valence-corrected chi connectivity index (χ0v) is 13.5. The molecule has 128 valence electrons. The van der Waals surface area contributed by atoms with E-state index in [4.69, 9.17) is 4.74 Å². The molecular weight excluding hydrogens is 312 g/mol. The van der Waals surface area contributed by atoms with E-state index in [1.165, 1.54) is 6.08 Å². The lowest BCUT2D eigenvalue weighted by Crippen LogP contribution is -2.23. The summed E-state index contributed by atoms with van der Waals surface area (Å²) in [5.74, 6) is -1.79. The molecule has 3 nitrogen and oxygen atoms in total. The Kier molecular flexibility index (Phi) is 4.69. The number of alkyl halides is 2. The molecule has 2 aliphatic rings. The van der Waals surface area contributed by atoms with Gasteiger partial charge in [-0.05, 0) is 37.0 Å². The third kappa shape index (κ3) is 3.83. The molecular formula is C19H21F2NO2. The van der Waals surface area contributed by atoms with Gasteiger partial charge in [0.15, 0.2) is 0 Å². The number of anilines is 1. The Labute approximate surface area is 140 Å². The van der Waals surface area contributed by atoms with Crippen LogP contribution in [0.1, 0.15) is 36.8 Å². The maximum absolute atomic E-state index is 13.2. The van der Waals surface area contributed by atoms with E-state index in [9.17, 15) is 13.6 Å². The van der Waals surface area contributed by atoms with E-state index >= 15 is 0 Å². The van der Waals surface area contributed by atoms with Crippen molar-refractivity contribution >= 4 is 17.7 Å². The highest BCUT2D eigenvalue weighted by molar-refractivity contribution is 5.99. The quantitative estimate of drug-likeness (QED) is 0.819. The lowest BCUT2D eigenvalue weighted by molar-refractivity contribution is -0.111. The van der Waals surface area contributed by atoms with Gasteiger partial charge < -0.3 is 10.1 Å². The summed E-state index contributed by atoms with van der Waals surface area (Å²) in [6, 6.07) is 3.75. The molecule has 1 aromatic rings. The van der Waals surface area contributed by atoms with Crippen molar-refractivity contribution in [3.63, 3.8) is 0 Å². The first-order valence-corrected chi connectivity index (χ1v) is 8.26. The molecule has 1 aliphatic heterocycles. The van der Waals surface area contributed by atoms with Crippen LogP contribution in [-0.2, 0) is 11.2 Å². The largest absolute Gasteiger partial charge is 0.492 e. The molecule has 0 spiro atoms.